The molecule has 5 heteroatoms. The fraction of sp³-hybridized carbons (Fsp3) is 0.176. The summed E-state index contributed by atoms with van der Waals surface area (Å²) in [6.45, 7) is 0. The van der Waals surface area contributed by atoms with E-state index in [-0.39, 0.29) is 5.75 Å². The van der Waals surface area contributed by atoms with Crippen molar-refractivity contribution in [3.63, 3.8) is 0 Å². The smallest absolute Gasteiger partial charge is 0.234 e. The first-order valence-corrected chi connectivity index (χ1v) is 7.47. The molecule has 0 bridgehead atoms. The monoisotopic (exact) mass is 314 g/mol. The van der Waals surface area contributed by atoms with E-state index in [1.165, 1.54) is 6.07 Å². The first-order chi connectivity index (χ1) is 10.5. The molecule has 22 heavy (non-hydrogen) atoms. The summed E-state index contributed by atoms with van der Waals surface area (Å²) >= 11 is 3.97. The second kappa shape index (κ2) is 5.68. The SMILES string of the molecule is O=C1C(=O)c2ccc(C(O)C(O)CS)cc2-c2ccccc21. The molecule has 0 amide bonds. The maximum atomic E-state index is 12.2. The zero-order valence-corrected chi connectivity index (χ0v) is 12.5. The van der Waals surface area contributed by atoms with E-state index in [4.69, 9.17) is 0 Å². The molecule has 0 spiro atoms. The Balaban J connectivity index is 2.17. The Morgan fingerprint density at radius 2 is 1.45 bits per heavy atom. The van der Waals surface area contributed by atoms with Crippen LogP contribution < -0.4 is 0 Å². The minimum absolute atomic E-state index is 0.117. The van der Waals surface area contributed by atoms with Gasteiger partial charge in [-0.15, -0.1) is 0 Å². The van der Waals surface area contributed by atoms with Gasteiger partial charge < -0.3 is 10.2 Å². The molecule has 1 aliphatic rings. The second-order valence-electron chi connectivity index (χ2n) is 5.20. The normalized spacial score (nSPS) is 16.0. The highest BCUT2D eigenvalue weighted by atomic mass is 32.1. The van der Waals surface area contributed by atoms with Gasteiger partial charge >= 0.3 is 0 Å². The van der Waals surface area contributed by atoms with E-state index in [1.54, 1.807) is 36.4 Å². The first kappa shape index (κ1) is 15.0. The van der Waals surface area contributed by atoms with Crippen molar-refractivity contribution in [2.45, 2.75) is 12.2 Å². The molecule has 4 nitrogen and oxygen atoms in total. The van der Waals surface area contributed by atoms with Crippen molar-refractivity contribution in [3.8, 4) is 11.1 Å². The van der Waals surface area contributed by atoms with Gasteiger partial charge in [-0.25, -0.2) is 0 Å². The van der Waals surface area contributed by atoms with E-state index >= 15 is 0 Å². The topological polar surface area (TPSA) is 74.6 Å². The maximum Gasteiger partial charge on any atom is 0.234 e. The summed E-state index contributed by atoms with van der Waals surface area (Å²) < 4.78 is 0. The maximum absolute atomic E-state index is 12.2. The van der Waals surface area contributed by atoms with Gasteiger partial charge in [0.25, 0.3) is 0 Å². The van der Waals surface area contributed by atoms with E-state index in [2.05, 4.69) is 12.6 Å². The molecule has 3 rings (SSSR count). The Labute approximate surface area is 132 Å². The fourth-order valence-corrected chi connectivity index (χ4v) is 2.85. The molecule has 0 aromatic heterocycles. The molecular formula is C17H14O4S. The summed E-state index contributed by atoms with van der Waals surface area (Å²) in [6, 6.07) is 11.6. The number of benzene rings is 2. The highest BCUT2D eigenvalue weighted by molar-refractivity contribution is 7.80. The van der Waals surface area contributed by atoms with Crippen LogP contribution in [0, 0.1) is 0 Å². The lowest BCUT2D eigenvalue weighted by molar-refractivity contribution is 0.0338. The van der Waals surface area contributed by atoms with Gasteiger partial charge in [0.1, 0.15) is 6.10 Å². The van der Waals surface area contributed by atoms with Crippen molar-refractivity contribution in [1.29, 1.82) is 0 Å². The average Bonchev–Trinajstić information content (AvgIpc) is 2.57. The summed E-state index contributed by atoms with van der Waals surface area (Å²) in [5.74, 6) is -0.956. The van der Waals surface area contributed by atoms with Gasteiger partial charge in [0, 0.05) is 16.9 Å². The second-order valence-corrected chi connectivity index (χ2v) is 5.57. The third kappa shape index (κ3) is 2.27. The molecule has 2 unspecified atom stereocenters. The summed E-state index contributed by atoms with van der Waals surface area (Å²) in [5.41, 5.74) is 2.43. The van der Waals surface area contributed by atoms with Crippen LogP contribution in [-0.4, -0.2) is 33.6 Å². The van der Waals surface area contributed by atoms with Gasteiger partial charge in [-0.05, 0) is 28.8 Å². The minimum atomic E-state index is -1.09. The number of ketones is 2. The molecule has 2 aromatic rings. The molecule has 0 fully saturated rings. The Morgan fingerprint density at radius 3 is 2.09 bits per heavy atom. The number of aliphatic hydroxyl groups is 2. The van der Waals surface area contributed by atoms with E-state index in [0.29, 0.717) is 27.8 Å². The molecular weight excluding hydrogens is 300 g/mol. The largest absolute Gasteiger partial charge is 0.389 e. The number of fused-ring (bicyclic) bond motifs is 3. The number of carbonyl (C=O) groups excluding carboxylic acids is 2. The Hall–Kier alpha value is -1.95. The zero-order valence-electron chi connectivity index (χ0n) is 11.6. The number of rotatable bonds is 3. The van der Waals surface area contributed by atoms with Crippen LogP contribution in [0.1, 0.15) is 32.4 Å². The third-order valence-electron chi connectivity index (χ3n) is 3.85. The zero-order chi connectivity index (χ0) is 15.9. The standard InChI is InChI=1S/C17H14O4S/c18-14(8-22)15(19)9-5-6-12-13(7-9)10-3-1-2-4-11(10)16(20)17(12)21/h1-7,14-15,18-19,22H,8H2. The number of hydrogen-bond donors (Lipinski definition) is 3. The van der Waals surface area contributed by atoms with E-state index in [9.17, 15) is 19.8 Å². The van der Waals surface area contributed by atoms with Crippen molar-refractivity contribution in [2.24, 2.45) is 0 Å². The summed E-state index contributed by atoms with van der Waals surface area (Å²) in [5, 5.41) is 19.8. The lowest BCUT2D eigenvalue weighted by Gasteiger charge is -2.21. The van der Waals surface area contributed by atoms with E-state index in [0.717, 1.165) is 0 Å². The van der Waals surface area contributed by atoms with Crippen LogP contribution in [0.3, 0.4) is 0 Å². The predicted octanol–water partition coefficient (Wildman–Crippen LogP) is 2.06. The summed E-state index contributed by atoms with van der Waals surface area (Å²) in [7, 11) is 0. The van der Waals surface area contributed by atoms with Crippen LogP contribution in [0.15, 0.2) is 42.5 Å². The van der Waals surface area contributed by atoms with Crippen LogP contribution in [0.4, 0.5) is 0 Å². The van der Waals surface area contributed by atoms with Crippen LogP contribution in [-0.2, 0) is 0 Å². The number of thiol groups is 1. The number of aliphatic hydroxyl groups excluding tert-OH is 2. The fourth-order valence-electron chi connectivity index (χ4n) is 2.65. The molecule has 112 valence electrons. The summed E-state index contributed by atoms with van der Waals surface area (Å²) in [6.07, 6.45) is -2.10. The molecule has 1 aliphatic carbocycles. The molecule has 2 N–H and O–H groups in total. The molecule has 0 heterocycles. The number of carbonyl (C=O) groups is 2. The van der Waals surface area contributed by atoms with Crippen molar-refractivity contribution in [1.82, 2.24) is 0 Å². The predicted molar refractivity (Wildman–Crippen MR) is 85.4 cm³/mol. The molecule has 2 atom stereocenters. The van der Waals surface area contributed by atoms with Crippen molar-refractivity contribution < 1.29 is 19.8 Å². The van der Waals surface area contributed by atoms with Crippen LogP contribution in [0.5, 0.6) is 0 Å². The lowest BCUT2D eigenvalue weighted by Crippen LogP contribution is -2.23. The van der Waals surface area contributed by atoms with Gasteiger partial charge in [-0.2, -0.15) is 12.6 Å². The molecule has 0 aliphatic heterocycles. The Kier molecular flexibility index (Phi) is 3.87. The van der Waals surface area contributed by atoms with Gasteiger partial charge in [0.15, 0.2) is 0 Å². The van der Waals surface area contributed by atoms with Crippen LogP contribution in [0.25, 0.3) is 11.1 Å². The highest BCUT2D eigenvalue weighted by Crippen LogP contribution is 2.35. The van der Waals surface area contributed by atoms with Gasteiger partial charge in [0.2, 0.25) is 11.6 Å². The van der Waals surface area contributed by atoms with Gasteiger partial charge in [0.05, 0.1) is 6.10 Å². The molecule has 0 saturated heterocycles. The molecule has 2 aromatic carbocycles. The quantitative estimate of drug-likeness (QED) is 0.599. The number of Topliss-reactive ketones (excluding diaryl/α,β-unsaturated/α-hetero) is 2. The van der Waals surface area contributed by atoms with Crippen molar-refractivity contribution in [3.05, 3.63) is 59.2 Å². The molecule has 0 radical (unpaired) electrons. The van der Waals surface area contributed by atoms with Crippen molar-refractivity contribution in [2.75, 3.05) is 5.75 Å². The van der Waals surface area contributed by atoms with Crippen molar-refractivity contribution >= 4 is 24.2 Å². The van der Waals surface area contributed by atoms with Crippen LogP contribution in [0.2, 0.25) is 0 Å². The average molecular weight is 314 g/mol. The minimum Gasteiger partial charge on any atom is -0.389 e. The number of hydrogen-bond acceptors (Lipinski definition) is 5. The van der Waals surface area contributed by atoms with Gasteiger partial charge in [-0.1, -0.05) is 30.3 Å². The highest BCUT2D eigenvalue weighted by Gasteiger charge is 2.31. The Morgan fingerprint density at radius 1 is 0.864 bits per heavy atom. The first-order valence-electron chi connectivity index (χ1n) is 6.84. The lowest BCUT2D eigenvalue weighted by atomic mass is 9.82. The molecule has 0 saturated carbocycles. The van der Waals surface area contributed by atoms with E-state index in [1.807, 2.05) is 0 Å². The Bertz CT molecular complexity index is 769. The van der Waals surface area contributed by atoms with Crippen LogP contribution >= 0.6 is 12.6 Å². The van der Waals surface area contributed by atoms with E-state index < -0.39 is 23.8 Å². The van der Waals surface area contributed by atoms with Gasteiger partial charge in [-0.3, -0.25) is 9.59 Å². The third-order valence-corrected chi connectivity index (χ3v) is 4.22. The summed E-state index contributed by atoms with van der Waals surface area (Å²) in [4.78, 5) is 24.3.